The number of anilines is 1. The van der Waals surface area contributed by atoms with Crippen molar-refractivity contribution in [2.45, 2.75) is 6.92 Å². The lowest BCUT2D eigenvalue weighted by atomic mass is 10.2. The Hall–Kier alpha value is -2.37. The zero-order valence-corrected chi connectivity index (χ0v) is 10.3. The Morgan fingerprint density at radius 2 is 2.33 bits per heavy atom. The molecular formula is C12H14N4O2. The summed E-state index contributed by atoms with van der Waals surface area (Å²) >= 11 is 0. The van der Waals surface area contributed by atoms with E-state index in [-0.39, 0.29) is 0 Å². The van der Waals surface area contributed by atoms with Crippen molar-refractivity contribution in [2.24, 2.45) is 7.05 Å². The highest BCUT2D eigenvalue weighted by molar-refractivity contribution is 5.85. The lowest BCUT2D eigenvalue weighted by Crippen LogP contribution is -2.13. The molecule has 18 heavy (non-hydrogen) atoms. The minimum absolute atomic E-state index is 0.342. The number of rotatable bonds is 3. The van der Waals surface area contributed by atoms with Crippen LogP contribution >= 0.6 is 0 Å². The summed E-state index contributed by atoms with van der Waals surface area (Å²) in [6.07, 6.45) is 1.16. The standard InChI is InChI=1S/C12H14N4O2/c1-3-18-12(17)14-10-6-4-5-9(7-10)11-15-13-8-16(11)2/h4-8H,3H2,1-2H3,(H,14,17). The second-order valence-electron chi connectivity index (χ2n) is 3.69. The molecule has 0 atom stereocenters. The van der Waals surface area contributed by atoms with Gasteiger partial charge >= 0.3 is 6.09 Å². The van der Waals surface area contributed by atoms with Crippen molar-refractivity contribution in [1.82, 2.24) is 14.8 Å². The first-order valence-corrected chi connectivity index (χ1v) is 5.59. The number of carbonyl (C=O) groups is 1. The third-order valence-corrected chi connectivity index (χ3v) is 2.35. The van der Waals surface area contributed by atoms with Crippen LogP contribution in [0.1, 0.15) is 6.92 Å². The minimum atomic E-state index is -0.465. The number of carbonyl (C=O) groups excluding carboxylic acids is 1. The van der Waals surface area contributed by atoms with Gasteiger partial charge < -0.3 is 9.30 Å². The average molecular weight is 246 g/mol. The van der Waals surface area contributed by atoms with E-state index in [0.717, 1.165) is 11.4 Å². The fourth-order valence-corrected chi connectivity index (χ4v) is 1.57. The van der Waals surface area contributed by atoms with Crippen LogP contribution in [-0.4, -0.2) is 27.5 Å². The molecule has 0 aliphatic rings. The van der Waals surface area contributed by atoms with Crippen LogP contribution in [-0.2, 0) is 11.8 Å². The number of ether oxygens (including phenoxy) is 1. The van der Waals surface area contributed by atoms with Crippen LogP contribution in [0.15, 0.2) is 30.6 Å². The highest BCUT2D eigenvalue weighted by Gasteiger charge is 2.07. The first-order chi connectivity index (χ1) is 8.70. The van der Waals surface area contributed by atoms with E-state index in [0.29, 0.717) is 12.3 Å². The zero-order chi connectivity index (χ0) is 13.0. The van der Waals surface area contributed by atoms with Crippen LogP contribution in [0.4, 0.5) is 10.5 Å². The van der Waals surface area contributed by atoms with Gasteiger partial charge in [0.05, 0.1) is 6.61 Å². The number of hydrogen-bond donors (Lipinski definition) is 1. The van der Waals surface area contributed by atoms with Crippen LogP contribution < -0.4 is 5.32 Å². The van der Waals surface area contributed by atoms with Crippen molar-refractivity contribution in [3.63, 3.8) is 0 Å². The fourth-order valence-electron chi connectivity index (χ4n) is 1.57. The molecule has 0 aliphatic carbocycles. The molecule has 2 aromatic rings. The van der Waals surface area contributed by atoms with Gasteiger partial charge in [0.15, 0.2) is 5.82 Å². The molecule has 6 nitrogen and oxygen atoms in total. The van der Waals surface area contributed by atoms with Crippen molar-refractivity contribution >= 4 is 11.8 Å². The highest BCUT2D eigenvalue weighted by atomic mass is 16.5. The number of amides is 1. The Morgan fingerprint density at radius 1 is 1.50 bits per heavy atom. The lowest BCUT2D eigenvalue weighted by Gasteiger charge is -2.06. The summed E-state index contributed by atoms with van der Waals surface area (Å²) in [5.74, 6) is 0.738. The van der Waals surface area contributed by atoms with Gasteiger partial charge in [0.25, 0.3) is 0 Å². The second kappa shape index (κ2) is 5.31. The molecule has 1 aromatic carbocycles. The van der Waals surface area contributed by atoms with Crippen molar-refractivity contribution in [1.29, 1.82) is 0 Å². The van der Waals surface area contributed by atoms with Gasteiger partial charge in [-0.3, -0.25) is 5.32 Å². The highest BCUT2D eigenvalue weighted by Crippen LogP contribution is 2.20. The van der Waals surface area contributed by atoms with Gasteiger partial charge in [-0.2, -0.15) is 0 Å². The third kappa shape index (κ3) is 2.65. The van der Waals surface area contributed by atoms with E-state index in [1.54, 1.807) is 19.3 Å². The number of benzene rings is 1. The van der Waals surface area contributed by atoms with Crippen LogP contribution in [0, 0.1) is 0 Å². The van der Waals surface area contributed by atoms with Crippen molar-refractivity contribution in [3.05, 3.63) is 30.6 Å². The van der Waals surface area contributed by atoms with Crippen LogP contribution in [0.2, 0.25) is 0 Å². The van der Waals surface area contributed by atoms with E-state index in [4.69, 9.17) is 4.74 Å². The van der Waals surface area contributed by atoms with E-state index < -0.39 is 6.09 Å². The quantitative estimate of drug-likeness (QED) is 0.899. The monoisotopic (exact) mass is 246 g/mol. The van der Waals surface area contributed by atoms with Crippen molar-refractivity contribution < 1.29 is 9.53 Å². The van der Waals surface area contributed by atoms with Gasteiger partial charge in [0.1, 0.15) is 6.33 Å². The van der Waals surface area contributed by atoms with Gasteiger partial charge in [0.2, 0.25) is 0 Å². The summed E-state index contributed by atoms with van der Waals surface area (Å²) in [4.78, 5) is 11.3. The third-order valence-electron chi connectivity index (χ3n) is 2.35. The molecule has 2 rings (SSSR count). The van der Waals surface area contributed by atoms with E-state index >= 15 is 0 Å². The molecule has 94 valence electrons. The van der Waals surface area contributed by atoms with Crippen molar-refractivity contribution in [2.75, 3.05) is 11.9 Å². The first-order valence-electron chi connectivity index (χ1n) is 5.59. The van der Waals surface area contributed by atoms with Crippen molar-refractivity contribution in [3.8, 4) is 11.4 Å². The van der Waals surface area contributed by atoms with Gasteiger partial charge in [-0.15, -0.1) is 10.2 Å². The molecule has 6 heteroatoms. The SMILES string of the molecule is CCOC(=O)Nc1cccc(-c2nncn2C)c1. The maximum Gasteiger partial charge on any atom is 0.411 e. The Kier molecular flexibility index (Phi) is 3.57. The molecule has 0 radical (unpaired) electrons. The molecule has 0 saturated carbocycles. The van der Waals surface area contributed by atoms with Gasteiger partial charge in [-0.1, -0.05) is 12.1 Å². The summed E-state index contributed by atoms with van der Waals surface area (Å²) in [6, 6.07) is 7.35. The minimum Gasteiger partial charge on any atom is -0.450 e. The zero-order valence-electron chi connectivity index (χ0n) is 10.3. The second-order valence-corrected chi connectivity index (χ2v) is 3.69. The maximum absolute atomic E-state index is 11.3. The van der Waals surface area contributed by atoms with E-state index in [1.165, 1.54) is 0 Å². The summed E-state index contributed by atoms with van der Waals surface area (Å²) in [7, 11) is 1.86. The Labute approximate surface area is 105 Å². The molecule has 0 fully saturated rings. The Balaban J connectivity index is 2.20. The molecule has 1 aromatic heterocycles. The predicted molar refractivity (Wildman–Crippen MR) is 67.1 cm³/mol. The van der Waals surface area contributed by atoms with E-state index in [2.05, 4.69) is 15.5 Å². The summed E-state index contributed by atoms with van der Waals surface area (Å²) in [6.45, 7) is 2.10. The van der Waals surface area contributed by atoms with Gasteiger partial charge in [-0.05, 0) is 19.1 Å². The van der Waals surface area contributed by atoms with Gasteiger partial charge in [0, 0.05) is 18.3 Å². The molecule has 0 aliphatic heterocycles. The summed E-state index contributed by atoms with van der Waals surface area (Å²) in [5, 5.41) is 10.5. The van der Waals surface area contributed by atoms with Crippen LogP contribution in [0.5, 0.6) is 0 Å². The maximum atomic E-state index is 11.3. The molecule has 0 saturated heterocycles. The fraction of sp³-hybridized carbons (Fsp3) is 0.250. The van der Waals surface area contributed by atoms with E-state index in [1.807, 2.05) is 29.8 Å². The molecular weight excluding hydrogens is 232 g/mol. The number of aromatic nitrogens is 3. The molecule has 1 heterocycles. The average Bonchev–Trinajstić information content (AvgIpc) is 2.76. The normalized spacial score (nSPS) is 10.1. The molecule has 0 unspecified atom stereocenters. The van der Waals surface area contributed by atoms with E-state index in [9.17, 15) is 4.79 Å². The Bertz CT molecular complexity index is 551. The molecule has 0 bridgehead atoms. The van der Waals surface area contributed by atoms with Gasteiger partial charge in [-0.25, -0.2) is 4.79 Å². The Morgan fingerprint density at radius 3 is 3.00 bits per heavy atom. The largest absolute Gasteiger partial charge is 0.450 e. The summed E-state index contributed by atoms with van der Waals surface area (Å²) < 4.78 is 6.63. The van der Waals surface area contributed by atoms with Crippen LogP contribution in [0.3, 0.4) is 0 Å². The summed E-state index contributed by atoms with van der Waals surface area (Å²) in [5.41, 5.74) is 1.54. The number of hydrogen-bond acceptors (Lipinski definition) is 4. The smallest absolute Gasteiger partial charge is 0.411 e. The van der Waals surface area contributed by atoms with Crippen LogP contribution in [0.25, 0.3) is 11.4 Å². The first kappa shape index (κ1) is 12.1. The predicted octanol–water partition coefficient (Wildman–Crippen LogP) is 2.05. The lowest BCUT2D eigenvalue weighted by molar-refractivity contribution is 0.168. The number of nitrogens with zero attached hydrogens (tertiary/aromatic N) is 3. The molecule has 1 N–H and O–H groups in total. The number of nitrogens with one attached hydrogen (secondary N) is 1. The molecule has 0 spiro atoms. The number of aryl methyl sites for hydroxylation is 1. The topological polar surface area (TPSA) is 69.0 Å². The molecule has 1 amide bonds.